The van der Waals surface area contributed by atoms with Crippen molar-refractivity contribution in [3.63, 3.8) is 0 Å². The van der Waals surface area contributed by atoms with E-state index in [1.807, 2.05) is 0 Å². The summed E-state index contributed by atoms with van der Waals surface area (Å²) < 4.78 is 136. The zero-order valence-electron chi connectivity index (χ0n) is 23.9. The molecular weight excluding hydrogens is 607 g/mol. The van der Waals surface area contributed by atoms with E-state index < -0.39 is 70.1 Å². The van der Waals surface area contributed by atoms with Gasteiger partial charge in [0, 0.05) is 18.7 Å². The summed E-state index contributed by atoms with van der Waals surface area (Å²) in [4.78, 5) is 12.8. The Morgan fingerprint density at radius 2 is 1.30 bits per heavy atom. The third-order valence-electron chi connectivity index (χ3n) is 8.44. The normalized spacial score (nSPS) is 23.0. The molecule has 2 aromatic rings. The quantitative estimate of drug-likeness (QED) is 0.112. The van der Waals surface area contributed by atoms with Gasteiger partial charge >= 0.3 is 18.4 Å². The van der Waals surface area contributed by atoms with Gasteiger partial charge in [-0.3, -0.25) is 4.79 Å². The van der Waals surface area contributed by atoms with Crippen molar-refractivity contribution >= 4 is 5.97 Å². The van der Waals surface area contributed by atoms with Crippen LogP contribution in [0.2, 0.25) is 0 Å². The number of benzene rings is 2. The molecule has 0 amide bonds. The zero-order chi connectivity index (χ0) is 32.2. The standard InChI is InChI=1S/C31H33F9O4/c1-2-3-12-42-21-10-8-18(9-11-21)17-4-6-19(7-5-17)29(41)43-22-15-23(32)27(24(33)16-22)20-13-25(34)28(26(35)14-20)30(36,37)44-31(38,39)40/h13-19,21H,2-12H2,1H3. The summed E-state index contributed by atoms with van der Waals surface area (Å²) in [7, 11) is 0. The van der Waals surface area contributed by atoms with Crippen LogP contribution < -0.4 is 4.74 Å². The summed E-state index contributed by atoms with van der Waals surface area (Å²) in [6.07, 6.45) is -2.04. The van der Waals surface area contributed by atoms with Gasteiger partial charge in [-0.25, -0.2) is 22.3 Å². The minimum Gasteiger partial charge on any atom is -0.426 e. The van der Waals surface area contributed by atoms with E-state index in [0.29, 0.717) is 42.9 Å². The SMILES string of the molecule is CCCCOC1CCC(C2CCC(C(=O)Oc3cc(F)c(-c4cc(F)c(C(F)(F)OC(F)(F)F)c(F)c4)c(F)c3)CC2)CC1. The first-order valence-electron chi connectivity index (χ1n) is 14.7. The predicted molar refractivity (Wildman–Crippen MR) is 140 cm³/mol. The van der Waals surface area contributed by atoms with E-state index in [1.54, 1.807) is 0 Å². The van der Waals surface area contributed by atoms with Gasteiger partial charge in [0.1, 0.15) is 34.6 Å². The Morgan fingerprint density at radius 3 is 1.80 bits per heavy atom. The van der Waals surface area contributed by atoms with E-state index in [4.69, 9.17) is 9.47 Å². The maximum atomic E-state index is 14.9. The molecule has 0 N–H and O–H groups in total. The summed E-state index contributed by atoms with van der Waals surface area (Å²) in [5, 5.41) is 0. The van der Waals surface area contributed by atoms with Crippen LogP contribution in [0.15, 0.2) is 24.3 Å². The second-order valence-electron chi connectivity index (χ2n) is 11.4. The average Bonchev–Trinajstić information content (AvgIpc) is 2.91. The minimum absolute atomic E-state index is 0.0453. The molecule has 2 aliphatic rings. The van der Waals surface area contributed by atoms with Crippen LogP contribution in [0, 0.1) is 41.0 Å². The molecule has 0 heterocycles. The van der Waals surface area contributed by atoms with Crippen molar-refractivity contribution in [3.05, 3.63) is 53.1 Å². The molecule has 0 spiro atoms. The molecule has 244 valence electrons. The highest BCUT2D eigenvalue weighted by molar-refractivity contribution is 5.76. The number of hydrogen-bond donors (Lipinski definition) is 0. The van der Waals surface area contributed by atoms with Crippen LogP contribution in [-0.2, 0) is 20.4 Å². The summed E-state index contributed by atoms with van der Waals surface area (Å²) in [5.41, 5.74) is -4.37. The minimum atomic E-state index is -5.94. The highest BCUT2D eigenvalue weighted by Crippen LogP contribution is 2.43. The Kier molecular flexibility index (Phi) is 10.9. The number of hydrogen-bond acceptors (Lipinski definition) is 4. The first-order valence-corrected chi connectivity index (χ1v) is 14.7. The van der Waals surface area contributed by atoms with E-state index in [-0.39, 0.29) is 12.1 Å². The number of alkyl halides is 5. The lowest BCUT2D eigenvalue weighted by atomic mass is 9.70. The molecule has 2 fully saturated rings. The van der Waals surface area contributed by atoms with E-state index >= 15 is 0 Å². The first kappa shape index (κ1) is 34.1. The fourth-order valence-corrected chi connectivity index (χ4v) is 6.22. The molecule has 0 aliphatic heterocycles. The van der Waals surface area contributed by atoms with E-state index in [9.17, 15) is 44.3 Å². The molecule has 4 rings (SSSR count). The molecule has 13 heteroatoms. The van der Waals surface area contributed by atoms with Crippen molar-refractivity contribution in [1.29, 1.82) is 0 Å². The highest BCUT2D eigenvalue weighted by Gasteiger charge is 2.49. The Balaban J connectivity index is 1.36. The van der Waals surface area contributed by atoms with Gasteiger partial charge in [-0.2, -0.15) is 8.78 Å². The third-order valence-corrected chi connectivity index (χ3v) is 8.44. The number of unbranched alkanes of at least 4 members (excludes halogenated alkanes) is 1. The Morgan fingerprint density at radius 1 is 0.773 bits per heavy atom. The first-order chi connectivity index (χ1) is 20.7. The van der Waals surface area contributed by atoms with E-state index in [2.05, 4.69) is 11.7 Å². The second-order valence-corrected chi connectivity index (χ2v) is 11.4. The monoisotopic (exact) mass is 640 g/mol. The van der Waals surface area contributed by atoms with Crippen molar-refractivity contribution in [2.24, 2.45) is 17.8 Å². The fourth-order valence-electron chi connectivity index (χ4n) is 6.22. The predicted octanol–water partition coefficient (Wildman–Crippen LogP) is 9.58. The van der Waals surface area contributed by atoms with Crippen molar-refractivity contribution in [1.82, 2.24) is 0 Å². The Bertz CT molecular complexity index is 1250. The number of carbonyl (C=O) groups excluding carboxylic acids is 1. The van der Waals surface area contributed by atoms with E-state index in [0.717, 1.165) is 58.0 Å². The third kappa shape index (κ3) is 8.47. The molecule has 2 aliphatic carbocycles. The number of ether oxygens (including phenoxy) is 3. The second kappa shape index (κ2) is 14.1. The van der Waals surface area contributed by atoms with Crippen LogP contribution in [-0.4, -0.2) is 25.0 Å². The van der Waals surface area contributed by atoms with Crippen LogP contribution in [0.3, 0.4) is 0 Å². The lowest BCUT2D eigenvalue weighted by molar-refractivity contribution is -0.432. The van der Waals surface area contributed by atoms with Crippen LogP contribution in [0.4, 0.5) is 39.5 Å². The number of carbonyl (C=O) groups is 1. The van der Waals surface area contributed by atoms with Gasteiger partial charge < -0.3 is 9.47 Å². The maximum absolute atomic E-state index is 14.9. The summed E-state index contributed by atoms with van der Waals surface area (Å²) >= 11 is 0. The van der Waals surface area contributed by atoms with Crippen molar-refractivity contribution < 1.29 is 58.5 Å². The lowest BCUT2D eigenvalue weighted by Crippen LogP contribution is -2.31. The molecule has 44 heavy (non-hydrogen) atoms. The highest BCUT2D eigenvalue weighted by atomic mass is 19.4. The molecule has 4 nitrogen and oxygen atoms in total. The van der Waals surface area contributed by atoms with Gasteiger partial charge in [0.05, 0.1) is 17.6 Å². The van der Waals surface area contributed by atoms with Crippen molar-refractivity contribution in [2.75, 3.05) is 6.61 Å². The van der Waals surface area contributed by atoms with Gasteiger partial charge in [0.25, 0.3) is 0 Å². The van der Waals surface area contributed by atoms with Gasteiger partial charge in [-0.05, 0) is 87.3 Å². The van der Waals surface area contributed by atoms with Crippen molar-refractivity contribution in [3.8, 4) is 16.9 Å². The molecule has 0 bridgehead atoms. The largest absolute Gasteiger partial charge is 0.527 e. The lowest BCUT2D eigenvalue weighted by Gasteiger charge is -2.37. The number of halogens is 9. The molecule has 0 radical (unpaired) electrons. The molecule has 2 aromatic carbocycles. The Hall–Kier alpha value is -2.80. The molecular formula is C31H33F9O4. The van der Waals surface area contributed by atoms with Gasteiger partial charge in [0.15, 0.2) is 0 Å². The molecule has 0 saturated heterocycles. The average molecular weight is 641 g/mol. The Labute approximate surface area is 248 Å². The number of esters is 1. The van der Waals surface area contributed by atoms with Gasteiger partial charge in [-0.15, -0.1) is 13.2 Å². The van der Waals surface area contributed by atoms with Gasteiger partial charge in [0.2, 0.25) is 0 Å². The fraction of sp³-hybridized carbons (Fsp3) is 0.581. The topological polar surface area (TPSA) is 44.8 Å². The van der Waals surface area contributed by atoms with Crippen LogP contribution >= 0.6 is 0 Å². The zero-order valence-corrected chi connectivity index (χ0v) is 23.9. The van der Waals surface area contributed by atoms with Crippen LogP contribution in [0.5, 0.6) is 5.75 Å². The molecule has 0 unspecified atom stereocenters. The van der Waals surface area contributed by atoms with Crippen molar-refractivity contribution in [2.45, 2.75) is 89.7 Å². The van der Waals surface area contributed by atoms with Crippen LogP contribution in [0.25, 0.3) is 11.1 Å². The molecule has 0 aromatic heterocycles. The smallest absolute Gasteiger partial charge is 0.426 e. The maximum Gasteiger partial charge on any atom is 0.527 e. The van der Waals surface area contributed by atoms with Gasteiger partial charge in [-0.1, -0.05) is 13.3 Å². The van der Waals surface area contributed by atoms with Crippen LogP contribution in [0.1, 0.15) is 76.7 Å². The summed E-state index contributed by atoms with van der Waals surface area (Å²) in [5.74, 6) is -8.01. The number of rotatable bonds is 10. The summed E-state index contributed by atoms with van der Waals surface area (Å²) in [6.45, 7) is 2.90. The molecule has 0 atom stereocenters. The van der Waals surface area contributed by atoms with E-state index in [1.165, 1.54) is 0 Å². The summed E-state index contributed by atoms with van der Waals surface area (Å²) in [6, 6.07) is 1.27. The molecule has 2 saturated carbocycles.